The van der Waals surface area contributed by atoms with E-state index in [9.17, 15) is 14.0 Å². The summed E-state index contributed by atoms with van der Waals surface area (Å²) in [5, 5.41) is 3.56. The second-order valence-electron chi connectivity index (χ2n) is 9.24. The van der Waals surface area contributed by atoms with Crippen LogP contribution >= 0.6 is 22.9 Å². The van der Waals surface area contributed by atoms with Crippen molar-refractivity contribution in [3.05, 3.63) is 79.0 Å². The Kier molecular flexibility index (Phi) is 6.72. The number of ether oxygens (including phenoxy) is 1. The van der Waals surface area contributed by atoms with Crippen LogP contribution in [-0.4, -0.2) is 39.5 Å². The number of pyridine rings is 1. The third-order valence-corrected chi connectivity index (χ3v) is 7.68. The number of aryl methyl sites for hydroxylation is 1. The zero-order chi connectivity index (χ0) is 25.6. The molecule has 0 aliphatic carbocycles. The van der Waals surface area contributed by atoms with Gasteiger partial charge in [-0.3, -0.25) is 18.9 Å². The predicted octanol–water partition coefficient (Wildman–Crippen LogP) is 4.57. The standard InChI is InChI=1S/C26H26ClFN4O3S/c1-14(2)31-7-5-23(33)32(26(31)34)13-17-10-21-25(36-17)18(4-6-30-21)19-9-16(27)8-15(3)24(19)35-22-12-29-11-20(22)28/h4-10,14,20,22,29H,11-13H2,1-3H3/t20-,22+/m0/s1. The van der Waals surface area contributed by atoms with Crippen molar-refractivity contribution in [3.8, 4) is 16.9 Å². The van der Waals surface area contributed by atoms with Gasteiger partial charge in [-0.05, 0) is 50.6 Å². The van der Waals surface area contributed by atoms with E-state index in [2.05, 4.69) is 10.3 Å². The molecule has 3 aromatic heterocycles. The lowest BCUT2D eigenvalue weighted by Crippen LogP contribution is -2.39. The smallest absolute Gasteiger partial charge is 0.331 e. The van der Waals surface area contributed by atoms with Crippen LogP contribution in [0.15, 0.2) is 52.3 Å². The van der Waals surface area contributed by atoms with Gasteiger partial charge in [0.25, 0.3) is 5.56 Å². The van der Waals surface area contributed by atoms with Crippen LogP contribution in [0, 0.1) is 6.92 Å². The molecule has 1 saturated heterocycles. The van der Waals surface area contributed by atoms with Crippen LogP contribution in [-0.2, 0) is 6.54 Å². The molecule has 1 fully saturated rings. The SMILES string of the molecule is Cc1cc(Cl)cc(-c2ccnc3cc(Cn4c(=O)ccn(C(C)C)c4=O)sc23)c1O[C@@H]1CNC[C@@H]1F. The van der Waals surface area contributed by atoms with Crippen molar-refractivity contribution < 1.29 is 9.13 Å². The van der Waals surface area contributed by atoms with Crippen LogP contribution in [0.1, 0.15) is 30.3 Å². The number of rotatable bonds is 6. The summed E-state index contributed by atoms with van der Waals surface area (Å²) in [6.45, 7) is 6.51. The van der Waals surface area contributed by atoms with E-state index < -0.39 is 12.3 Å². The minimum absolute atomic E-state index is 0.0662. The van der Waals surface area contributed by atoms with Gasteiger partial charge in [0.2, 0.25) is 0 Å². The summed E-state index contributed by atoms with van der Waals surface area (Å²) in [6.07, 6.45) is 1.54. The topological polar surface area (TPSA) is 78.2 Å². The number of nitrogens with one attached hydrogen (secondary N) is 1. The second-order valence-corrected chi connectivity index (χ2v) is 10.8. The van der Waals surface area contributed by atoms with Gasteiger partial charge in [0.05, 0.1) is 16.8 Å². The number of hydrogen-bond acceptors (Lipinski definition) is 6. The number of nitrogens with zero attached hydrogens (tertiary/aromatic N) is 3. The van der Waals surface area contributed by atoms with Crippen molar-refractivity contribution >= 4 is 33.2 Å². The second kappa shape index (κ2) is 9.80. The summed E-state index contributed by atoms with van der Waals surface area (Å²) in [6, 6.07) is 8.72. The maximum absolute atomic E-state index is 14.3. The molecule has 10 heteroatoms. The molecule has 36 heavy (non-hydrogen) atoms. The molecule has 188 valence electrons. The first kappa shape index (κ1) is 24.7. The summed E-state index contributed by atoms with van der Waals surface area (Å²) in [7, 11) is 0. The van der Waals surface area contributed by atoms with Crippen molar-refractivity contribution in [1.29, 1.82) is 0 Å². The number of halogens is 2. The highest BCUT2D eigenvalue weighted by atomic mass is 35.5. The van der Waals surface area contributed by atoms with Gasteiger partial charge in [-0.15, -0.1) is 11.3 Å². The Morgan fingerprint density at radius 1 is 1.22 bits per heavy atom. The zero-order valence-electron chi connectivity index (χ0n) is 20.1. The maximum Gasteiger partial charge on any atom is 0.331 e. The van der Waals surface area contributed by atoms with E-state index in [1.165, 1.54) is 32.7 Å². The Balaban J connectivity index is 1.59. The molecule has 5 rings (SSSR count). The van der Waals surface area contributed by atoms with Crippen LogP contribution < -0.4 is 21.3 Å². The monoisotopic (exact) mass is 528 g/mol. The molecule has 0 unspecified atom stereocenters. The molecular weight excluding hydrogens is 503 g/mol. The average molecular weight is 529 g/mol. The number of hydrogen-bond donors (Lipinski definition) is 1. The fourth-order valence-corrected chi connectivity index (χ4v) is 5.88. The molecule has 4 heterocycles. The van der Waals surface area contributed by atoms with Gasteiger partial charge in [0.15, 0.2) is 6.17 Å². The molecule has 2 atom stereocenters. The number of alkyl halides is 1. The lowest BCUT2D eigenvalue weighted by molar-refractivity contribution is 0.140. The van der Waals surface area contributed by atoms with E-state index >= 15 is 0 Å². The molecule has 1 aromatic carbocycles. The fourth-order valence-electron chi connectivity index (χ4n) is 4.48. The van der Waals surface area contributed by atoms with Crippen LogP contribution in [0.3, 0.4) is 0 Å². The van der Waals surface area contributed by atoms with Gasteiger partial charge in [0.1, 0.15) is 11.9 Å². The van der Waals surface area contributed by atoms with Crippen molar-refractivity contribution in [2.45, 2.75) is 45.6 Å². The van der Waals surface area contributed by atoms with E-state index in [1.807, 2.05) is 39.0 Å². The molecule has 7 nitrogen and oxygen atoms in total. The molecule has 4 aromatic rings. The summed E-state index contributed by atoms with van der Waals surface area (Å²) in [4.78, 5) is 30.7. The van der Waals surface area contributed by atoms with E-state index in [0.717, 1.165) is 31.8 Å². The molecule has 0 amide bonds. The highest BCUT2D eigenvalue weighted by Crippen LogP contribution is 2.42. The largest absolute Gasteiger partial charge is 0.485 e. The highest BCUT2D eigenvalue weighted by Gasteiger charge is 2.30. The Bertz CT molecular complexity index is 1560. The number of benzene rings is 1. The lowest BCUT2D eigenvalue weighted by atomic mass is 10.0. The zero-order valence-corrected chi connectivity index (χ0v) is 21.7. The van der Waals surface area contributed by atoms with Gasteiger partial charge in [-0.2, -0.15) is 0 Å². The molecule has 0 spiro atoms. The van der Waals surface area contributed by atoms with Crippen molar-refractivity contribution in [1.82, 2.24) is 19.4 Å². The summed E-state index contributed by atoms with van der Waals surface area (Å²) in [5.41, 5.74) is 2.43. The van der Waals surface area contributed by atoms with E-state index in [1.54, 1.807) is 12.3 Å². The fraction of sp³-hybridized carbons (Fsp3) is 0.346. The van der Waals surface area contributed by atoms with Crippen molar-refractivity contribution in [3.63, 3.8) is 0 Å². The molecule has 1 N–H and O–H groups in total. The number of fused-ring (bicyclic) bond motifs is 1. The lowest BCUT2D eigenvalue weighted by Gasteiger charge is -2.20. The quantitative estimate of drug-likeness (QED) is 0.397. The first-order valence-electron chi connectivity index (χ1n) is 11.7. The molecule has 1 aliphatic rings. The van der Waals surface area contributed by atoms with Gasteiger partial charge < -0.3 is 10.1 Å². The first-order valence-corrected chi connectivity index (χ1v) is 12.9. The third kappa shape index (κ3) is 4.58. The van der Waals surface area contributed by atoms with Crippen molar-refractivity contribution in [2.75, 3.05) is 13.1 Å². The van der Waals surface area contributed by atoms with Crippen LogP contribution in [0.2, 0.25) is 5.02 Å². The minimum atomic E-state index is -1.10. The Hall–Kier alpha value is -3.01. The highest BCUT2D eigenvalue weighted by molar-refractivity contribution is 7.19. The van der Waals surface area contributed by atoms with E-state index in [4.69, 9.17) is 16.3 Å². The van der Waals surface area contributed by atoms with Gasteiger partial charge in [-0.25, -0.2) is 9.18 Å². The van der Waals surface area contributed by atoms with Crippen LogP contribution in [0.25, 0.3) is 21.3 Å². The van der Waals surface area contributed by atoms with Gasteiger partial charge >= 0.3 is 5.69 Å². The van der Waals surface area contributed by atoms with Crippen molar-refractivity contribution in [2.24, 2.45) is 0 Å². The molecular formula is C26H26ClFN4O3S. The van der Waals surface area contributed by atoms with Gasteiger partial charge in [0, 0.05) is 58.6 Å². The molecule has 0 saturated carbocycles. The predicted molar refractivity (Wildman–Crippen MR) is 141 cm³/mol. The minimum Gasteiger partial charge on any atom is -0.485 e. The van der Waals surface area contributed by atoms with E-state index in [0.29, 0.717) is 17.3 Å². The summed E-state index contributed by atoms with van der Waals surface area (Å²) in [5.74, 6) is 0.581. The van der Waals surface area contributed by atoms with Crippen LogP contribution in [0.4, 0.5) is 4.39 Å². The Morgan fingerprint density at radius 2 is 2.03 bits per heavy atom. The normalized spacial score (nSPS) is 17.8. The Morgan fingerprint density at radius 3 is 2.75 bits per heavy atom. The van der Waals surface area contributed by atoms with Crippen LogP contribution in [0.5, 0.6) is 5.75 Å². The van der Waals surface area contributed by atoms with Gasteiger partial charge in [-0.1, -0.05) is 11.6 Å². The molecule has 0 radical (unpaired) electrons. The molecule has 1 aliphatic heterocycles. The maximum atomic E-state index is 14.3. The Labute approximate surface area is 216 Å². The van der Waals surface area contributed by atoms with E-state index in [-0.39, 0.29) is 30.4 Å². The first-order chi connectivity index (χ1) is 17.2. The summed E-state index contributed by atoms with van der Waals surface area (Å²) >= 11 is 7.88. The number of thiophene rings is 1. The third-order valence-electron chi connectivity index (χ3n) is 6.32. The number of aromatic nitrogens is 3. The summed E-state index contributed by atoms with van der Waals surface area (Å²) < 4.78 is 24.2. The average Bonchev–Trinajstić information content (AvgIpc) is 3.43. The molecule has 0 bridgehead atoms.